The number of phenolic OH excluding ortho intramolecular Hbond substituents is 1. The highest BCUT2D eigenvalue weighted by molar-refractivity contribution is 7.89. The lowest BCUT2D eigenvalue weighted by Crippen LogP contribution is -2.53. The molecule has 0 radical (unpaired) electrons. The van der Waals surface area contributed by atoms with Crippen LogP contribution in [0, 0.1) is 6.92 Å². The van der Waals surface area contributed by atoms with Gasteiger partial charge in [-0.1, -0.05) is 12.1 Å². The first-order chi connectivity index (χ1) is 15.5. The number of hydrogen-bond acceptors (Lipinski definition) is 6. The molecule has 1 aromatic heterocycles. The van der Waals surface area contributed by atoms with Gasteiger partial charge in [0.15, 0.2) is 6.61 Å². The first-order valence-corrected chi connectivity index (χ1v) is 11.4. The molecule has 0 unspecified atom stereocenters. The maximum Gasteiger partial charge on any atom is 0.422 e. The van der Waals surface area contributed by atoms with Crippen molar-refractivity contribution < 1.29 is 36.2 Å². The standard InChI is InChI=1S/C20H23F3N4O5S/c1-14-4-5-16(28)17(11-14)33(30,31)27-9-7-26(8-10-27)19(29)25-12-15-3-2-6-24-18(15)32-13-20(21,22)23/h2-6,11,28H,7-10,12-13H2,1H3,(H,25,29). The van der Waals surface area contributed by atoms with Crippen molar-refractivity contribution in [1.29, 1.82) is 0 Å². The molecule has 0 atom stereocenters. The summed E-state index contributed by atoms with van der Waals surface area (Å²) in [5.41, 5.74) is 0.949. The van der Waals surface area contributed by atoms with Gasteiger partial charge < -0.3 is 20.1 Å². The Morgan fingerprint density at radius 3 is 2.58 bits per heavy atom. The van der Waals surface area contributed by atoms with E-state index in [2.05, 4.69) is 10.3 Å². The van der Waals surface area contributed by atoms with E-state index in [4.69, 9.17) is 4.74 Å². The molecule has 0 saturated carbocycles. The molecule has 2 amide bonds. The molecule has 2 N–H and O–H groups in total. The SMILES string of the molecule is Cc1ccc(O)c(S(=O)(=O)N2CCN(C(=O)NCc3cccnc3OCC(F)(F)F)CC2)c1. The molecule has 9 nitrogen and oxygen atoms in total. The number of aromatic nitrogens is 1. The predicted octanol–water partition coefficient (Wildman–Crippen LogP) is 2.25. The number of amides is 2. The van der Waals surface area contributed by atoms with Crippen LogP contribution in [0.3, 0.4) is 0 Å². The van der Waals surface area contributed by atoms with Gasteiger partial charge >= 0.3 is 12.2 Å². The molecule has 180 valence electrons. The lowest BCUT2D eigenvalue weighted by molar-refractivity contribution is -0.154. The molecule has 1 aliphatic rings. The van der Waals surface area contributed by atoms with Gasteiger partial charge in [0.1, 0.15) is 10.6 Å². The fourth-order valence-electron chi connectivity index (χ4n) is 3.22. The van der Waals surface area contributed by atoms with Crippen molar-refractivity contribution in [3.63, 3.8) is 0 Å². The monoisotopic (exact) mass is 488 g/mol. The van der Waals surface area contributed by atoms with Crippen molar-refractivity contribution in [3.8, 4) is 11.6 Å². The van der Waals surface area contributed by atoms with Crippen LogP contribution >= 0.6 is 0 Å². The Morgan fingerprint density at radius 1 is 1.21 bits per heavy atom. The molecule has 0 spiro atoms. The number of nitrogens with zero attached hydrogens (tertiary/aromatic N) is 3. The quantitative estimate of drug-likeness (QED) is 0.645. The van der Waals surface area contributed by atoms with Gasteiger partial charge in [-0.2, -0.15) is 17.5 Å². The van der Waals surface area contributed by atoms with E-state index in [1.54, 1.807) is 13.0 Å². The van der Waals surface area contributed by atoms with E-state index in [0.717, 1.165) is 0 Å². The van der Waals surface area contributed by atoms with Gasteiger partial charge in [-0.05, 0) is 30.7 Å². The summed E-state index contributed by atoms with van der Waals surface area (Å²) in [5, 5.41) is 12.6. The molecule has 13 heteroatoms. The number of phenols is 1. The molecule has 1 aliphatic heterocycles. The first-order valence-electron chi connectivity index (χ1n) is 9.93. The zero-order valence-corrected chi connectivity index (χ0v) is 18.5. The van der Waals surface area contributed by atoms with Gasteiger partial charge in [-0.25, -0.2) is 18.2 Å². The van der Waals surface area contributed by atoms with E-state index in [1.165, 1.54) is 39.7 Å². The number of carbonyl (C=O) groups is 1. The minimum atomic E-state index is -4.52. The van der Waals surface area contributed by atoms with Crippen LogP contribution in [-0.2, 0) is 16.6 Å². The predicted molar refractivity (Wildman–Crippen MR) is 111 cm³/mol. The van der Waals surface area contributed by atoms with Crippen LogP contribution in [0.4, 0.5) is 18.0 Å². The number of alkyl halides is 3. The fourth-order valence-corrected chi connectivity index (χ4v) is 4.81. The average Bonchev–Trinajstić information content (AvgIpc) is 2.77. The van der Waals surface area contributed by atoms with Gasteiger partial charge in [0.2, 0.25) is 15.9 Å². The van der Waals surface area contributed by atoms with Gasteiger partial charge in [-0.15, -0.1) is 0 Å². The van der Waals surface area contributed by atoms with Crippen molar-refractivity contribution >= 4 is 16.1 Å². The molecule has 33 heavy (non-hydrogen) atoms. The molecule has 1 fully saturated rings. The Bertz CT molecular complexity index is 1100. The molecule has 0 aliphatic carbocycles. The summed E-state index contributed by atoms with van der Waals surface area (Å²) >= 11 is 0. The summed E-state index contributed by atoms with van der Waals surface area (Å²) in [7, 11) is -3.94. The fraction of sp³-hybridized carbons (Fsp3) is 0.400. The van der Waals surface area contributed by atoms with E-state index >= 15 is 0 Å². The second-order valence-electron chi connectivity index (χ2n) is 7.39. The third-order valence-corrected chi connectivity index (χ3v) is 6.84. The number of halogens is 3. The van der Waals surface area contributed by atoms with E-state index in [0.29, 0.717) is 5.56 Å². The summed E-state index contributed by atoms with van der Waals surface area (Å²) in [6, 6.07) is 6.78. The third-order valence-electron chi connectivity index (χ3n) is 4.91. The number of rotatable bonds is 6. The number of aryl methyl sites for hydroxylation is 1. The number of ether oxygens (including phenoxy) is 1. The van der Waals surface area contributed by atoms with E-state index in [1.807, 2.05) is 0 Å². The van der Waals surface area contributed by atoms with Crippen molar-refractivity contribution in [2.75, 3.05) is 32.8 Å². The smallest absolute Gasteiger partial charge is 0.422 e. The largest absolute Gasteiger partial charge is 0.507 e. The molecule has 1 aromatic carbocycles. The topological polar surface area (TPSA) is 112 Å². The van der Waals surface area contributed by atoms with Crippen molar-refractivity contribution in [2.24, 2.45) is 0 Å². The number of carbonyl (C=O) groups excluding carboxylic acids is 1. The zero-order valence-electron chi connectivity index (χ0n) is 17.7. The zero-order chi connectivity index (χ0) is 24.2. The molecular weight excluding hydrogens is 465 g/mol. The minimum absolute atomic E-state index is 0.0238. The number of benzene rings is 1. The number of nitrogens with one attached hydrogen (secondary N) is 1. The number of sulfonamides is 1. The van der Waals surface area contributed by atoms with Crippen LogP contribution < -0.4 is 10.1 Å². The summed E-state index contributed by atoms with van der Waals surface area (Å²) in [6.45, 7) is 0.339. The molecule has 0 bridgehead atoms. The number of pyridine rings is 1. The molecular formula is C20H23F3N4O5S. The summed E-state index contributed by atoms with van der Waals surface area (Å²) < 4.78 is 68.8. The molecule has 2 aromatic rings. The Kier molecular flexibility index (Phi) is 7.32. The number of hydrogen-bond donors (Lipinski definition) is 2. The number of urea groups is 1. The molecule has 2 heterocycles. The second-order valence-corrected chi connectivity index (χ2v) is 9.30. The van der Waals surface area contributed by atoms with Gasteiger partial charge in [0.25, 0.3) is 0 Å². The van der Waals surface area contributed by atoms with Gasteiger partial charge in [0, 0.05) is 44.5 Å². The Morgan fingerprint density at radius 2 is 1.91 bits per heavy atom. The van der Waals surface area contributed by atoms with E-state index in [-0.39, 0.29) is 54.8 Å². The van der Waals surface area contributed by atoms with Gasteiger partial charge in [0.05, 0.1) is 0 Å². The summed E-state index contributed by atoms with van der Waals surface area (Å²) in [6.07, 6.45) is -3.24. The van der Waals surface area contributed by atoms with Crippen LogP contribution in [0.5, 0.6) is 11.6 Å². The Labute approximate surface area is 188 Å². The highest BCUT2D eigenvalue weighted by Crippen LogP contribution is 2.27. The third kappa shape index (κ3) is 6.26. The minimum Gasteiger partial charge on any atom is -0.507 e. The maximum absolute atomic E-state index is 12.9. The first kappa shape index (κ1) is 24.6. The maximum atomic E-state index is 12.9. The van der Waals surface area contributed by atoms with E-state index in [9.17, 15) is 31.5 Å². The second kappa shape index (κ2) is 9.83. The van der Waals surface area contributed by atoms with Crippen LogP contribution in [0.15, 0.2) is 41.4 Å². The summed E-state index contributed by atoms with van der Waals surface area (Å²) in [5.74, 6) is -0.579. The number of piperazine rings is 1. The molecule has 3 rings (SSSR count). The normalized spacial score (nSPS) is 15.3. The van der Waals surface area contributed by atoms with E-state index < -0.39 is 28.8 Å². The average molecular weight is 488 g/mol. The number of aromatic hydroxyl groups is 1. The van der Waals surface area contributed by atoms with Crippen LogP contribution in [-0.4, -0.2) is 72.7 Å². The Balaban J connectivity index is 1.57. The highest BCUT2D eigenvalue weighted by Gasteiger charge is 2.32. The van der Waals surface area contributed by atoms with Gasteiger partial charge in [-0.3, -0.25) is 0 Å². The lowest BCUT2D eigenvalue weighted by atomic mass is 10.2. The van der Waals surface area contributed by atoms with Crippen molar-refractivity contribution in [3.05, 3.63) is 47.7 Å². The summed E-state index contributed by atoms with van der Waals surface area (Å²) in [4.78, 5) is 17.5. The van der Waals surface area contributed by atoms with Crippen molar-refractivity contribution in [2.45, 2.75) is 24.5 Å². The van der Waals surface area contributed by atoms with Crippen LogP contribution in [0.25, 0.3) is 0 Å². The van der Waals surface area contributed by atoms with Crippen LogP contribution in [0.1, 0.15) is 11.1 Å². The lowest BCUT2D eigenvalue weighted by Gasteiger charge is -2.34. The van der Waals surface area contributed by atoms with Crippen LogP contribution in [0.2, 0.25) is 0 Å². The Hall–Kier alpha value is -3.06. The molecule has 1 saturated heterocycles. The van der Waals surface area contributed by atoms with Crippen molar-refractivity contribution in [1.82, 2.24) is 19.5 Å². The highest BCUT2D eigenvalue weighted by atomic mass is 32.2.